The lowest BCUT2D eigenvalue weighted by atomic mass is 10.0. The second-order valence-corrected chi connectivity index (χ2v) is 9.20. The van der Waals surface area contributed by atoms with Crippen molar-refractivity contribution in [2.75, 3.05) is 10.7 Å². The Morgan fingerprint density at radius 1 is 0.971 bits per heavy atom. The predicted octanol–water partition coefficient (Wildman–Crippen LogP) is 5.67. The van der Waals surface area contributed by atoms with Crippen LogP contribution in [-0.2, 0) is 11.0 Å². The molecule has 0 unspecified atom stereocenters. The number of nitrogens with zero attached hydrogens (tertiary/aromatic N) is 3. The number of halogens is 3. The van der Waals surface area contributed by atoms with Crippen LogP contribution < -0.4 is 10.7 Å². The Kier molecular flexibility index (Phi) is 5.98. The Bertz CT molecular complexity index is 1360. The zero-order chi connectivity index (χ0) is 24.6. The van der Waals surface area contributed by atoms with Crippen LogP contribution in [-0.4, -0.2) is 26.0 Å². The van der Waals surface area contributed by atoms with Crippen LogP contribution in [0.25, 0.3) is 11.4 Å². The Hall–Kier alpha value is -3.79. The van der Waals surface area contributed by atoms with Crippen molar-refractivity contribution in [1.29, 1.82) is 0 Å². The summed E-state index contributed by atoms with van der Waals surface area (Å²) < 4.78 is 42.2. The number of amides is 1. The number of nitrogens with one attached hydrogen (secondary N) is 2. The molecule has 178 valence electrons. The van der Waals surface area contributed by atoms with Gasteiger partial charge in [-0.05, 0) is 24.6 Å². The Morgan fingerprint density at radius 2 is 1.66 bits per heavy atom. The minimum Gasteiger partial charge on any atom is -0.324 e. The summed E-state index contributed by atoms with van der Waals surface area (Å²) in [7, 11) is 0. The number of benzene rings is 3. The fourth-order valence-corrected chi connectivity index (χ4v) is 4.98. The number of anilines is 1. The highest BCUT2D eigenvalue weighted by molar-refractivity contribution is 8.00. The fraction of sp³-hybridized carbons (Fsp3) is 0.160. The van der Waals surface area contributed by atoms with Crippen LogP contribution in [0.15, 0.2) is 84.0 Å². The summed E-state index contributed by atoms with van der Waals surface area (Å²) in [5.41, 5.74) is 4.84. The number of hydrogen-bond donors (Lipinski definition) is 2. The van der Waals surface area contributed by atoms with E-state index in [4.69, 9.17) is 0 Å². The van der Waals surface area contributed by atoms with Crippen molar-refractivity contribution in [2.24, 2.45) is 0 Å². The third kappa shape index (κ3) is 4.61. The van der Waals surface area contributed by atoms with Crippen molar-refractivity contribution in [3.8, 4) is 11.4 Å². The van der Waals surface area contributed by atoms with Crippen LogP contribution in [0.5, 0.6) is 0 Å². The summed E-state index contributed by atoms with van der Waals surface area (Å²) in [6.07, 6.45) is -4.59. The average molecular weight is 496 g/mol. The molecule has 1 aromatic heterocycles. The Morgan fingerprint density at radius 3 is 2.37 bits per heavy atom. The van der Waals surface area contributed by atoms with Crippen LogP contribution in [0.3, 0.4) is 0 Å². The molecule has 2 N–H and O–H groups in total. The molecule has 35 heavy (non-hydrogen) atoms. The number of thioether (sulfide) groups is 1. The molecular weight excluding hydrogens is 475 g/mol. The molecule has 4 aromatic rings. The fourth-order valence-electron chi connectivity index (χ4n) is 3.90. The lowest BCUT2D eigenvalue weighted by Crippen LogP contribution is -2.41. The minimum atomic E-state index is -4.59. The van der Waals surface area contributed by atoms with Crippen molar-refractivity contribution in [3.63, 3.8) is 0 Å². The molecule has 2 heterocycles. The predicted molar refractivity (Wildman–Crippen MR) is 128 cm³/mol. The largest absolute Gasteiger partial charge is 0.418 e. The first kappa shape index (κ1) is 23.0. The number of carbonyl (C=O) groups is 1. The van der Waals surface area contributed by atoms with Gasteiger partial charge in [0.1, 0.15) is 5.25 Å². The highest BCUT2D eigenvalue weighted by Gasteiger charge is 2.39. The van der Waals surface area contributed by atoms with Gasteiger partial charge in [-0.3, -0.25) is 4.79 Å². The van der Waals surface area contributed by atoms with E-state index in [0.29, 0.717) is 11.0 Å². The normalized spacial score (nSPS) is 17.4. The van der Waals surface area contributed by atoms with Gasteiger partial charge in [0.15, 0.2) is 5.82 Å². The van der Waals surface area contributed by atoms with Gasteiger partial charge in [-0.1, -0.05) is 84.1 Å². The maximum atomic E-state index is 13.5. The van der Waals surface area contributed by atoms with Gasteiger partial charge >= 0.3 is 6.18 Å². The summed E-state index contributed by atoms with van der Waals surface area (Å²) in [5, 5.41) is 10.6. The van der Waals surface area contributed by atoms with E-state index in [1.807, 2.05) is 61.5 Å². The summed E-state index contributed by atoms with van der Waals surface area (Å²) >= 11 is 1.15. The zero-order valence-corrected chi connectivity index (χ0v) is 19.3. The molecule has 1 aliphatic rings. The second kappa shape index (κ2) is 9.10. The first-order valence-electron chi connectivity index (χ1n) is 10.8. The SMILES string of the molecule is Cc1ccc([C@H]2Nn3c(nnc3-c3ccccc3)S[C@@H]2C(=O)Nc2ccccc2C(F)(F)F)cc1. The van der Waals surface area contributed by atoms with Crippen molar-refractivity contribution < 1.29 is 18.0 Å². The van der Waals surface area contributed by atoms with E-state index in [-0.39, 0.29) is 5.69 Å². The Balaban J connectivity index is 1.52. The van der Waals surface area contributed by atoms with E-state index >= 15 is 0 Å². The number of aromatic nitrogens is 3. The van der Waals surface area contributed by atoms with Gasteiger partial charge in [0.2, 0.25) is 11.1 Å². The highest BCUT2D eigenvalue weighted by atomic mass is 32.2. The number of aryl methyl sites for hydroxylation is 1. The number of fused-ring (bicyclic) bond motifs is 1. The van der Waals surface area contributed by atoms with E-state index in [1.54, 1.807) is 4.68 Å². The lowest BCUT2D eigenvalue weighted by Gasteiger charge is -2.33. The average Bonchev–Trinajstić information content (AvgIpc) is 3.27. The first-order valence-corrected chi connectivity index (χ1v) is 11.7. The van der Waals surface area contributed by atoms with Crippen molar-refractivity contribution >= 4 is 23.4 Å². The van der Waals surface area contributed by atoms with E-state index < -0.39 is 28.9 Å². The lowest BCUT2D eigenvalue weighted by molar-refractivity contribution is -0.137. The van der Waals surface area contributed by atoms with Gasteiger partial charge in [0.25, 0.3) is 0 Å². The van der Waals surface area contributed by atoms with Crippen molar-refractivity contribution in [1.82, 2.24) is 14.9 Å². The van der Waals surface area contributed by atoms with E-state index in [0.717, 1.165) is 34.5 Å². The summed E-state index contributed by atoms with van der Waals surface area (Å²) in [6, 6.07) is 21.5. The molecule has 0 bridgehead atoms. The highest BCUT2D eigenvalue weighted by Crippen LogP contribution is 2.40. The quantitative estimate of drug-likeness (QED) is 0.382. The number of hydrogen-bond acceptors (Lipinski definition) is 5. The zero-order valence-electron chi connectivity index (χ0n) is 18.5. The standard InChI is InChI=1S/C25H20F3N5OS/c1-15-11-13-16(14-12-15)20-21(23(34)29-19-10-6-5-9-18(19)25(26,27)28)35-24-31-30-22(33(24)32-20)17-7-3-2-4-8-17/h2-14,20-21,32H,1H3,(H,29,34)/t20-,21+/m1/s1. The van der Waals surface area contributed by atoms with Crippen LogP contribution in [0, 0.1) is 6.92 Å². The van der Waals surface area contributed by atoms with Crippen LogP contribution in [0.1, 0.15) is 22.7 Å². The van der Waals surface area contributed by atoms with Crippen LogP contribution >= 0.6 is 11.8 Å². The minimum absolute atomic E-state index is 0.287. The molecule has 5 rings (SSSR count). The number of carbonyl (C=O) groups excluding carboxylic acids is 1. The van der Waals surface area contributed by atoms with Gasteiger partial charge in [-0.15, -0.1) is 10.2 Å². The van der Waals surface area contributed by atoms with Gasteiger partial charge in [0.05, 0.1) is 17.3 Å². The van der Waals surface area contributed by atoms with Gasteiger partial charge in [-0.2, -0.15) is 13.2 Å². The summed E-state index contributed by atoms with van der Waals surface area (Å²) in [5.74, 6) is 0.00627. The molecule has 0 fully saturated rings. The van der Waals surface area contributed by atoms with Gasteiger partial charge < -0.3 is 10.7 Å². The molecule has 0 saturated carbocycles. The maximum absolute atomic E-state index is 13.5. The number of para-hydroxylation sites is 1. The molecule has 1 aliphatic heterocycles. The van der Waals surface area contributed by atoms with E-state index in [1.165, 1.54) is 18.2 Å². The summed E-state index contributed by atoms with van der Waals surface area (Å²) in [4.78, 5) is 13.4. The van der Waals surface area contributed by atoms with Crippen molar-refractivity contribution in [3.05, 3.63) is 95.6 Å². The third-order valence-corrected chi connectivity index (χ3v) is 6.87. The van der Waals surface area contributed by atoms with Gasteiger partial charge in [-0.25, -0.2) is 4.68 Å². The van der Waals surface area contributed by atoms with E-state index in [2.05, 4.69) is 20.9 Å². The van der Waals surface area contributed by atoms with Gasteiger partial charge in [0, 0.05) is 5.56 Å². The van der Waals surface area contributed by atoms with E-state index in [9.17, 15) is 18.0 Å². The molecule has 0 radical (unpaired) electrons. The molecule has 10 heteroatoms. The van der Waals surface area contributed by atoms with Crippen LogP contribution in [0.2, 0.25) is 0 Å². The molecule has 0 spiro atoms. The Labute approximate surface area is 203 Å². The number of alkyl halides is 3. The monoisotopic (exact) mass is 495 g/mol. The molecule has 0 aliphatic carbocycles. The number of rotatable bonds is 4. The molecule has 2 atom stereocenters. The molecular formula is C25H20F3N5OS. The smallest absolute Gasteiger partial charge is 0.324 e. The molecule has 6 nitrogen and oxygen atoms in total. The molecule has 3 aromatic carbocycles. The molecule has 0 saturated heterocycles. The topological polar surface area (TPSA) is 71.8 Å². The van der Waals surface area contributed by atoms with Crippen LogP contribution in [0.4, 0.5) is 18.9 Å². The maximum Gasteiger partial charge on any atom is 0.418 e. The molecule has 1 amide bonds. The summed E-state index contributed by atoms with van der Waals surface area (Å²) in [6.45, 7) is 1.95. The first-order chi connectivity index (χ1) is 16.8. The second-order valence-electron chi connectivity index (χ2n) is 8.10. The third-order valence-electron chi connectivity index (χ3n) is 5.65. The van der Waals surface area contributed by atoms with Crippen molar-refractivity contribution in [2.45, 2.75) is 29.5 Å².